The summed E-state index contributed by atoms with van der Waals surface area (Å²) in [6.45, 7) is 5.77. The molecule has 0 fully saturated rings. The standard InChI is InChI=1S/2C25H42O4.Ba/c2*1-2-3-4-5-6-7-8-12-18-24(29-21-22-15-10-9-11-16-22)19-14-13-17-23(26)20-25(27)28;/h2*9-11,15-16,23-24,26H,2-8,12-14,17-21H2,1H3,(H,27,28);/q;;+2/p-2. The summed E-state index contributed by atoms with van der Waals surface area (Å²) in [5.41, 5.74) is 2.38. The second kappa shape index (κ2) is 42.1. The predicted octanol–water partition coefficient (Wildman–Crippen LogP) is 9.95. The van der Waals surface area contributed by atoms with Crippen molar-refractivity contribution in [1.82, 2.24) is 0 Å². The molecule has 0 aromatic heterocycles. The quantitative estimate of drug-likeness (QED) is 0.0501. The van der Waals surface area contributed by atoms with Gasteiger partial charge in [0, 0.05) is 24.8 Å². The van der Waals surface area contributed by atoms with E-state index >= 15 is 0 Å². The van der Waals surface area contributed by atoms with E-state index in [0.29, 0.717) is 26.1 Å². The number of carboxylic acid groups (broad SMARTS) is 2. The summed E-state index contributed by atoms with van der Waals surface area (Å²) < 4.78 is 12.4. The summed E-state index contributed by atoms with van der Waals surface area (Å²) in [7, 11) is 0. The zero-order valence-electron chi connectivity index (χ0n) is 37.3. The van der Waals surface area contributed by atoms with E-state index in [1.165, 1.54) is 114 Å². The summed E-state index contributed by atoms with van der Waals surface area (Å²) in [4.78, 5) is 21.0. The Morgan fingerprint density at radius 2 is 0.729 bits per heavy atom. The van der Waals surface area contributed by atoms with Gasteiger partial charge in [-0.2, -0.15) is 0 Å². The number of rotatable bonds is 38. The maximum atomic E-state index is 10.5. The minimum Gasteiger partial charge on any atom is -0.550 e. The average Bonchev–Trinajstić information content (AvgIpc) is 3.21. The van der Waals surface area contributed by atoms with Crippen LogP contribution in [-0.4, -0.2) is 95.4 Å². The maximum absolute atomic E-state index is 10.5. The molecule has 0 spiro atoms. The fourth-order valence-corrected chi connectivity index (χ4v) is 7.30. The van der Waals surface area contributed by atoms with Crippen molar-refractivity contribution in [2.75, 3.05) is 0 Å². The summed E-state index contributed by atoms with van der Waals surface area (Å²) >= 11 is 0. The third-order valence-corrected chi connectivity index (χ3v) is 10.8. The Kier molecular flexibility index (Phi) is 41.2. The van der Waals surface area contributed by atoms with E-state index in [0.717, 1.165) is 51.4 Å². The number of aliphatic carboxylic acids is 2. The third kappa shape index (κ3) is 38.2. The number of hydrogen-bond donors (Lipinski definition) is 2. The van der Waals surface area contributed by atoms with Crippen LogP contribution in [0.4, 0.5) is 0 Å². The van der Waals surface area contributed by atoms with Crippen LogP contribution in [0.15, 0.2) is 60.7 Å². The van der Waals surface area contributed by atoms with E-state index in [4.69, 9.17) is 9.47 Å². The van der Waals surface area contributed by atoms with Gasteiger partial charge in [-0.1, -0.05) is 203 Å². The number of carbonyl (C=O) groups excluding carboxylic acids is 2. The van der Waals surface area contributed by atoms with Crippen molar-refractivity contribution in [2.45, 2.75) is 231 Å². The Balaban J connectivity index is 0.00000112. The molecule has 0 bridgehead atoms. The molecule has 59 heavy (non-hydrogen) atoms. The molecule has 2 aromatic rings. The number of carboxylic acids is 2. The Morgan fingerprint density at radius 1 is 0.458 bits per heavy atom. The van der Waals surface area contributed by atoms with E-state index in [2.05, 4.69) is 38.1 Å². The molecule has 0 aliphatic rings. The minimum absolute atomic E-state index is 0. The smallest absolute Gasteiger partial charge is 0.550 e. The Bertz CT molecular complexity index is 1110. The number of benzene rings is 2. The van der Waals surface area contributed by atoms with Gasteiger partial charge in [0.1, 0.15) is 0 Å². The van der Waals surface area contributed by atoms with Gasteiger partial charge in [0.2, 0.25) is 0 Å². The number of aliphatic hydroxyl groups is 2. The van der Waals surface area contributed by atoms with Gasteiger partial charge in [0.05, 0.1) is 37.6 Å². The summed E-state index contributed by atoms with van der Waals surface area (Å²) in [5.74, 6) is -2.37. The van der Waals surface area contributed by atoms with Crippen molar-refractivity contribution in [3.63, 3.8) is 0 Å². The van der Waals surface area contributed by atoms with E-state index in [9.17, 15) is 30.0 Å². The topological polar surface area (TPSA) is 139 Å². The minimum atomic E-state index is -1.18. The van der Waals surface area contributed by atoms with Crippen molar-refractivity contribution in [3.8, 4) is 0 Å². The van der Waals surface area contributed by atoms with Crippen LogP contribution in [0.5, 0.6) is 0 Å². The summed E-state index contributed by atoms with van der Waals surface area (Å²) in [6.07, 6.45) is 27.9. The van der Waals surface area contributed by atoms with E-state index in [1.807, 2.05) is 36.4 Å². The van der Waals surface area contributed by atoms with Crippen LogP contribution < -0.4 is 10.2 Å². The predicted molar refractivity (Wildman–Crippen MR) is 238 cm³/mol. The maximum Gasteiger partial charge on any atom is 2.00 e. The molecular formula is C50H82BaO8. The molecule has 8 nitrogen and oxygen atoms in total. The Morgan fingerprint density at radius 3 is 1.03 bits per heavy atom. The van der Waals surface area contributed by atoms with Crippen LogP contribution in [0, 0.1) is 0 Å². The third-order valence-electron chi connectivity index (χ3n) is 10.8. The molecule has 9 heteroatoms. The molecule has 0 aliphatic carbocycles. The van der Waals surface area contributed by atoms with Gasteiger partial charge in [0.15, 0.2) is 0 Å². The van der Waals surface area contributed by atoms with Gasteiger partial charge in [-0.3, -0.25) is 0 Å². The molecule has 2 rings (SSSR count). The van der Waals surface area contributed by atoms with Crippen LogP contribution in [-0.2, 0) is 32.3 Å². The monoisotopic (exact) mass is 949 g/mol. The van der Waals surface area contributed by atoms with Crippen molar-refractivity contribution >= 4 is 60.8 Å². The van der Waals surface area contributed by atoms with Crippen LogP contribution in [0.25, 0.3) is 0 Å². The number of hydrogen-bond acceptors (Lipinski definition) is 8. The van der Waals surface area contributed by atoms with Gasteiger partial charge >= 0.3 is 48.9 Å². The number of carbonyl (C=O) groups is 2. The van der Waals surface area contributed by atoms with Crippen LogP contribution in [0.3, 0.4) is 0 Å². The van der Waals surface area contributed by atoms with Crippen LogP contribution >= 0.6 is 0 Å². The zero-order valence-corrected chi connectivity index (χ0v) is 41.8. The van der Waals surface area contributed by atoms with Gasteiger partial charge in [-0.05, 0) is 49.7 Å². The van der Waals surface area contributed by atoms with Gasteiger partial charge < -0.3 is 39.5 Å². The second-order valence-corrected chi connectivity index (χ2v) is 16.4. The zero-order chi connectivity index (χ0) is 42.3. The molecule has 0 radical (unpaired) electrons. The normalized spacial score (nSPS) is 13.1. The number of unbranched alkanes of at least 4 members (excludes halogenated alkanes) is 16. The molecule has 0 heterocycles. The van der Waals surface area contributed by atoms with E-state index in [1.54, 1.807) is 0 Å². The summed E-state index contributed by atoms with van der Waals surface area (Å²) in [6, 6.07) is 20.5. The van der Waals surface area contributed by atoms with Gasteiger partial charge in [-0.15, -0.1) is 0 Å². The number of ether oxygens (including phenoxy) is 2. The molecule has 332 valence electrons. The number of aliphatic hydroxyl groups excluding tert-OH is 2. The summed E-state index contributed by atoms with van der Waals surface area (Å²) in [5, 5.41) is 40.4. The average molecular weight is 949 g/mol. The fourth-order valence-electron chi connectivity index (χ4n) is 7.30. The van der Waals surface area contributed by atoms with Crippen molar-refractivity contribution in [3.05, 3.63) is 71.8 Å². The van der Waals surface area contributed by atoms with Crippen LogP contribution in [0.2, 0.25) is 0 Å². The molecule has 4 atom stereocenters. The molecule has 0 saturated heterocycles. The molecular weight excluding hydrogens is 866 g/mol. The largest absolute Gasteiger partial charge is 2.00 e. The second-order valence-electron chi connectivity index (χ2n) is 16.4. The first kappa shape index (κ1) is 57.8. The molecule has 0 aliphatic heterocycles. The molecule has 4 unspecified atom stereocenters. The molecule has 2 aromatic carbocycles. The Hall–Kier alpha value is -1.21. The Labute approximate surface area is 400 Å². The van der Waals surface area contributed by atoms with Crippen molar-refractivity contribution in [1.29, 1.82) is 0 Å². The molecule has 0 amide bonds. The van der Waals surface area contributed by atoms with E-state index < -0.39 is 24.1 Å². The van der Waals surface area contributed by atoms with Crippen molar-refractivity contribution < 1.29 is 39.5 Å². The SMILES string of the molecule is CCCCCCCCCCC(CCCCC(O)CC(=O)[O-])OCc1ccccc1.CCCCCCCCCCC(CCCCC(O)CC(=O)[O-])OCc1ccccc1.[Ba+2]. The fraction of sp³-hybridized carbons (Fsp3) is 0.720. The van der Waals surface area contributed by atoms with Gasteiger partial charge in [0.25, 0.3) is 0 Å². The first-order chi connectivity index (χ1) is 28.2. The molecule has 2 N–H and O–H groups in total. The van der Waals surface area contributed by atoms with Gasteiger partial charge in [-0.25, -0.2) is 0 Å². The van der Waals surface area contributed by atoms with Crippen molar-refractivity contribution in [2.24, 2.45) is 0 Å². The first-order valence-corrected chi connectivity index (χ1v) is 23.3. The first-order valence-electron chi connectivity index (χ1n) is 23.3. The van der Waals surface area contributed by atoms with E-state index in [-0.39, 0.29) is 73.9 Å². The molecule has 0 saturated carbocycles. The van der Waals surface area contributed by atoms with Crippen LogP contribution in [0.1, 0.15) is 205 Å².